The van der Waals surface area contributed by atoms with E-state index in [0.29, 0.717) is 19.0 Å². The molecule has 0 spiro atoms. The fourth-order valence-electron chi connectivity index (χ4n) is 0.973. The molecule has 1 aromatic rings. The highest BCUT2D eigenvalue weighted by Gasteiger charge is 2.02. The fraction of sp³-hybridized carbons (Fsp3) is 0.455. The van der Waals surface area contributed by atoms with Crippen LogP contribution in [0.4, 0.5) is 0 Å². The van der Waals surface area contributed by atoms with Gasteiger partial charge in [0.05, 0.1) is 25.8 Å². The molecule has 0 saturated carbocycles. The lowest BCUT2D eigenvalue weighted by Gasteiger charge is -2.05. The molecule has 0 aliphatic carbocycles. The SMILES string of the molecule is CCCOC(=O)CCOc1cccnc1. The molecule has 1 rings (SSSR count). The summed E-state index contributed by atoms with van der Waals surface area (Å²) in [4.78, 5) is 15.0. The fourth-order valence-corrected chi connectivity index (χ4v) is 0.973. The Morgan fingerprint density at radius 1 is 1.47 bits per heavy atom. The minimum absolute atomic E-state index is 0.222. The Morgan fingerprint density at radius 3 is 3.00 bits per heavy atom. The van der Waals surface area contributed by atoms with Crippen molar-refractivity contribution >= 4 is 5.97 Å². The summed E-state index contributed by atoms with van der Waals surface area (Å²) >= 11 is 0. The number of nitrogens with zero attached hydrogens (tertiary/aromatic N) is 1. The third-order valence-corrected chi connectivity index (χ3v) is 1.68. The molecular formula is C11H15NO3. The molecule has 0 aliphatic rings. The van der Waals surface area contributed by atoms with Gasteiger partial charge in [0.2, 0.25) is 0 Å². The van der Waals surface area contributed by atoms with Gasteiger partial charge in [0.25, 0.3) is 0 Å². The van der Waals surface area contributed by atoms with Crippen LogP contribution in [0.3, 0.4) is 0 Å². The number of ether oxygens (including phenoxy) is 2. The lowest BCUT2D eigenvalue weighted by molar-refractivity contribution is -0.144. The standard InChI is InChI=1S/C11H15NO3/c1-2-7-15-11(13)5-8-14-10-4-3-6-12-9-10/h3-4,6,9H,2,5,7-8H2,1H3. The first-order chi connectivity index (χ1) is 7.33. The number of hydrogen-bond acceptors (Lipinski definition) is 4. The van der Waals surface area contributed by atoms with E-state index in [4.69, 9.17) is 9.47 Å². The number of esters is 1. The van der Waals surface area contributed by atoms with E-state index >= 15 is 0 Å². The van der Waals surface area contributed by atoms with Crippen molar-refractivity contribution in [1.82, 2.24) is 4.98 Å². The largest absolute Gasteiger partial charge is 0.491 e. The molecule has 0 fully saturated rings. The van der Waals surface area contributed by atoms with Gasteiger partial charge in [-0.1, -0.05) is 6.92 Å². The van der Waals surface area contributed by atoms with E-state index in [1.165, 1.54) is 0 Å². The van der Waals surface area contributed by atoms with Crippen LogP contribution in [0, 0.1) is 0 Å². The smallest absolute Gasteiger partial charge is 0.309 e. The van der Waals surface area contributed by atoms with Crippen LogP contribution in [-0.4, -0.2) is 24.2 Å². The summed E-state index contributed by atoms with van der Waals surface area (Å²) in [6, 6.07) is 3.58. The topological polar surface area (TPSA) is 48.4 Å². The molecule has 0 saturated heterocycles. The molecule has 0 N–H and O–H groups in total. The molecule has 4 heteroatoms. The lowest BCUT2D eigenvalue weighted by atomic mass is 10.4. The Hall–Kier alpha value is -1.58. The minimum Gasteiger partial charge on any atom is -0.491 e. The van der Waals surface area contributed by atoms with Crippen LogP contribution in [0.1, 0.15) is 19.8 Å². The summed E-state index contributed by atoms with van der Waals surface area (Å²) in [5, 5.41) is 0. The maximum atomic E-state index is 11.1. The van der Waals surface area contributed by atoms with Crippen molar-refractivity contribution in [2.45, 2.75) is 19.8 Å². The second-order valence-corrected chi connectivity index (χ2v) is 3.01. The van der Waals surface area contributed by atoms with Gasteiger partial charge in [0.15, 0.2) is 0 Å². The minimum atomic E-state index is -0.222. The highest BCUT2D eigenvalue weighted by atomic mass is 16.5. The van der Waals surface area contributed by atoms with Gasteiger partial charge in [-0.2, -0.15) is 0 Å². The van der Waals surface area contributed by atoms with Crippen molar-refractivity contribution in [3.8, 4) is 5.75 Å². The van der Waals surface area contributed by atoms with Crippen LogP contribution in [-0.2, 0) is 9.53 Å². The second-order valence-electron chi connectivity index (χ2n) is 3.01. The van der Waals surface area contributed by atoms with Crippen LogP contribution in [0.2, 0.25) is 0 Å². The average Bonchev–Trinajstić information content (AvgIpc) is 2.28. The van der Waals surface area contributed by atoms with Gasteiger partial charge in [-0.15, -0.1) is 0 Å². The maximum Gasteiger partial charge on any atom is 0.309 e. The molecule has 0 aliphatic heterocycles. The zero-order valence-corrected chi connectivity index (χ0v) is 8.81. The Morgan fingerprint density at radius 2 is 2.33 bits per heavy atom. The highest BCUT2D eigenvalue weighted by Crippen LogP contribution is 2.06. The van der Waals surface area contributed by atoms with Gasteiger partial charge in [-0.25, -0.2) is 0 Å². The number of rotatable bonds is 6. The number of carbonyl (C=O) groups is 1. The van der Waals surface area contributed by atoms with Gasteiger partial charge >= 0.3 is 5.97 Å². The number of aromatic nitrogens is 1. The predicted octanol–water partition coefficient (Wildman–Crippen LogP) is 1.80. The van der Waals surface area contributed by atoms with Crippen LogP contribution >= 0.6 is 0 Å². The van der Waals surface area contributed by atoms with Gasteiger partial charge in [-0.05, 0) is 18.6 Å². The van der Waals surface area contributed by atoms with E-state index in [2.05, 4.69) is 4.98 Å². The van der Waals surface area contributed by atoms with Gasteiger partial charge in [0.1, 0.15) is 5.75 Å². The van der Waals surface area contributed by atoms with E-state index in [1.807, 2.05) is 6.92 Å². The van der Waals surface area contributed by atoms with Crippen LogP contribution in [0.25, 0.3) is 0 Å². The first kappa shape index (κ1) is 11.5. The molecule has 0 radical (unpaired) electrons. The zero-order valence-electron chi connectivity index (χ0n) is 8.81. The Balaban J connectivity index is 2.14. The van der Waals surface area contributed by atoms with E-state index in [-0.39, 0.29) is 12.4 Å². The number of carbonyl (C=O) groups excluding carboxylic acids is 1. The van der Waals surface area contributed by atoms with Crippen LogP contribution in [0.15, 0.2) is 24.5 Å². The normalized spacial score (nSPS) is 9.67. The number of hydrogen-bond donors (Lipinski definition) is 0. The van der Waals surface area contributed by atoms with Gasteiger partial charge in [-0.3, -0.25) is 9.78 Å². The zero-order chi connectivity index (χ0) is 10.9. The molecule has 0 aromatic carbocycles. The van der Waals surface area contributed by atoms with Crippen molar-refractivity contribution in [3.63, 3.8) is 0 Å². The Kier molecular flexibility index (Phi) is 5.22. The molecule has 0 atom stereocenters. The van der Waals surface area contributed by atoms with Crippen molar-refractivity contribution < 1.29 is 14.3 Å². The van der Waals surface area contributed by atoms with E-state index in [9.17, 15) is 4.79 Å². The Bertz CT molecular complexity index is 287. The van der Waals surface area contributed by atoms with Crippen molar-refractivity contribution in [3.05, 3.63) is 24.5 Å². The van der Waals surface area contributed by atoms with Gasteiger partial charge in [0, 0.05) is 6.20 Å². The van der Waals surface area contributed by atoms with Gasteiger partial charge < -0.3 is 9.47 Å². The summed E-state index contributed by atoms with van der Waals surface area (Å²) in [6.07, 6.45) is 4.39. The highest BCUT2D eigenvalue weighted by molar-refractivity contribution is 5.69. The monoisotopic (exact) mass is 209 g/mol. The van der Waals surface area contributed by atoms with Crippen LogP contribution in [0.5, 0.6) is 5.75 Å². The second kappa shape index (κ2) is 6.81. The summed E-state index contributed by atoms with van der Waals surface area (Å²) in [6.45, 7) is 2.76. The van der Waals surface area contributed by atoms with E-state index in [1.54, 1.807) is 24.5 Å². The maximum absolute atomic E-state index is 11.1. The quantitative estimate of drug-likeness (QED) is 0.670. The summed E-state index contributed by atoms with van der Waals surface area (Å²) in [5.41, 5.74) is 0. The molecule has 0 bridgehead atoms. The average molecular weight is 209 g/mol. The first-order valence-corrected chi connectivity index (χ1v) is 5.01. The lowest BCUT2D eigenvalue weighted by Crippen LogP contribution is -2.10. The summed E-state index contributed by atoms with van der Waals surface area (Å²) in [7, 11) is 0. The van der Waals surface area contributed by atoms with Crippen molar-refractivity contribution in [2.75, 3.05) is 13.2 Å². The molecule has 4 nitrogen and oxygen atoms in total. The first-order valence-electron chi connectivity index (χ1n) is 5.01. The summed E-state index contributed by atoms with van der Waals surface area (Å²) < 4.78 is 10.2. The van der Waals surface area contributed by atoms with E-state index < -0.39 is 0 Å². The Labute approximate surface area is 89.2 Å². The molecule has 82 valence electrons. The molecule has 1 heterocycles. The molecule has 0 amide bonds. The molecule has 1 aromatic heterocycles. The third kappa shape index (κ3) is 5.00. The van der Waals surface area contributed by atoms with Crippen molar-refractivity contribution in [2.24, 2.45) is 0 Å². The van der Waals surface area contributed by atoms with Crippen LogP contribution < -0.4 is 4.74 Å². The van der Waals surface area contributed by atoms with E-state index in [0.717, 1.165) is 6.42 Å². The predicted molar refractivity (Wildman–Crippen MR) is 55.6 cm³/mol. The molecule has 15 heavy (non-hydrogen) atoms. The molecular weight excluding hydrogens is 194 g/mol. The molecule has 0 unspecified atom stereocenters. The summed E-state index contributed by atoms with van der Waals surface area (Å²) in [5.74, 6) is 0.446. The van der Waals surface area contributed by atoms with Crippen molar-refractivity contribution in [1.29, 1.82) is 0 Å². The number of pyridine rings is 1. The third-order valence-electron chi connectivity index (χ3n) is 1.68.